The third-order valence-corrected chi connectivity index (χ3v) is 6.09. The summed E-state index contributed by atoms with van der Waals surface area (Å²) in [5.74, 6) is 1.84. The first-order valence-electron chi connectivity index (χ1n) is 9.64. The van der Waals surface area contributed by atoms with E-state index in [0.29, 0.717) is 23.9 Å². The third-order valence-electron chi connectivity index (χ3n) is 6.09. The number of nitrogens with zero attached hydrogens (tertiary/aromatic N) is 2. The molecule has 1 aromatic carbocycles. The molecule has 3 fully saturated rings. The van der Waals surface area contributed by atoms with Crippen LogP contribution in [0.3, 0.4) is 0 Å². The molecule has 136 valence electrons. The van der Waals surface area contributed by atoms with E-state index in [4.69, 9.17) is 4.74 Å². The standard InChI is InChI=1S/C20H29N3O2/c1-25-19-5-3-2-4-18(19)22-8-10-23(11-9-22)20(24)14-15-12-16-6-7-17(13-15)21-16/h2-5,15-17,21H,6-14H2,1H3. The van der Waals surface area contributed by atoms with Crippen LogP contribution < -0.4 is 15.0 Å². The number of fused-ring (bicyclic) bond motifs is 2. The highest BCUT2D eigenvalue weighted by Crippen LogP contribution is 2.33. The maximum Gasteiger partial charge on any atom is 0.222 e. The number of nitrogens with one attached hydrogen (secondary N) is 1. The van der Waals surface area contributed by atoms with Crippen molar-refractivity contribution in [3.63, 3.8) is 0 Å². The van der Waals surface area contributed by atoms with Crippen LogP contribution in [0.5, 0.6) is 5.75 Å². The van der Waals surface area contributed by atoms with Gasteiger partial charge in [-0.3, -0.25) is 4.79 Å². The number of anilines is 1. The third kappa shape index (κ3) is 3.61. The van der Waals surface area contributed by atoms with E-state index in [1.807, 2.05) is 18.2 Å². The number of hydrogen-bond donors (Lipinski definition) is 1. The Morgan fingerprint density at radius 1 is 1.12 bits per heavy atom. The van der Waals surface area contributed by atoms with Gasteiger partial charge in [0, 0.05) is 44.7 Å². The fraction of sp³-hybridized carbons (Fsp3) is 0.650. The van der Waals surface area contributed by atoms with Crippen LogP contribution in [0, 0.1) is 5.92 Å². The van der Waals surface area contributed by atoms with E-state index in [-0.39, 0.29) is 0 Å². The molecule has 3 heterocycles. The van der Waals surface area contributed by atoms with E-state index >= 15 is 0 Å². The predicted molar refractivity (Wildman–Crippen MR) is 99.1 cm³/mol. The first-order valence-corrected chi connectivity index (χ1v) is 9.64. The average Bonchev–Trinajstić information content (AvgIpc) is 3.00. The molecule has 3 aliphatic heterocycles. The zero-order chi connectivity index (χ0) is 17.2. The van der Waals surface area contributed by atoms with Gasteiger partial charge in [0.25, 0.3) is 0 Å². The molecule has 1 aromatic rings. The van der Waals surface area contributed by atoms with Gasteiger partial charge in [-0.1, -0.05) is 12.1 Å². The Labute approximate surface area is 150 Å². The summed E-state index contributed by atoms with van der Waals surface area (Å²) in [6.45, 7) is 3.39. The highest BCUT2D eigenvalue weighted by molar-refractivity contribution is 5.77. The van der Waals surface area contributed by atoms with Gasteiger partial charge in [0.2, 0.25) is 5.91 Å². The number of carbonyl (C=O) groups excluding carboxylic acids is 1. The number of carbonyl (C=O) groups is 1. The Hall–Kier alpha value is -1.75. The van der Waals surface area contributed by atoms with Crippen molar-refractivity contribution in [1.29, 1.82) is 0 Å². The first kappa shape index (κ1) is 16.7. The molecule has 2 unspecified atom stereocenters. The second kappa shape index (κ2) is 7.24. The molecule has 1 N–H and O–H groups in total. The van der Waals surface area contributed by atoms with Crippen LogP contribution in [-0.2, 0) is 4.79 Å². The monoisotopic (exact) mass is 343 g/mol. The van der Waals surface area contributed by atoms with Crippen molar-refractivity contribution in [2.45, 2.75) is 44.2 Å². The second-order valence-corrected chi connectivity index (χ2v) is 7.72. The van der Waals surface area contributed by atoms with E-state index in [1.54, 1.807) is 7.11 Å². The summed E-state index contributed by atoms with van der Waals surface area (Å²) in [4.78, 5) is 17.1. The molecular weight excluding hydrogens is 314 g/mol. The van der Waals surface area contributed by atoms with Crippen LogP contribution in [0.2, 0.25) is 0 Å². The van der Waals surface area contributed by atoms with Crippen molar-refractivity contribution in [2.24, 2.45) is 5.92 Å². The maximum atomic E-state index is 12.7. The summed E-state index contributed by atoms with van der Waals surface area (Å²) in [7, 11) is 1.71. The summed E-state index contributed by atoms with van der Waals surface area (Å²) in [5.41, 5.74) is 1.13. The lowest BCUT2D eigenvalue weighted by atomic mass is 9.89. The highest BCUT2D eigenvalue weighted by atomic mass is 16.5. The van der Waals surface area contributed by atoms with Crippen LogP contribution in [0.15, 0.2) is 24.3 Å². The Kier molecular flexibility index (Phi) is 4.84. The van der Waals surface area contributed by atoms with E-state index in [0.717, 1.165) is 44.0 Å². The van der Waals surface area contributed by atoms with Crippen molar-refractivity contribution in [3.05, 3.63) is 24.3 Å². The van der Waals surface area contributed by atoms with Crippen molar-refractivity contribution < 1.29 is 9.53 Å². The number of ether oxygens (including phenoxy) is 1. The van der Waals surface area contributed by atoms with Crippen LogP contribution in [0.1, 0.15) is 32.1 Å². The fourth-order valence-corrected chi connectivity index (χ4v) is 4.81. The zero-order valence-electron chi connectivity index (χ0n) is 15.1. The molecule has 0 radical (unpaired) electrons. The summed E-state index contributed by atoms with van der Waals surface area (Å²) in [6.07, 6.45) is 5.70. The number of methoxy groups -OCH3 is 1. The molecule has 0 saturated carbocycles. The molecule has 5 nitrogen and oxygen atoms in total. The number of rotatable bonds is 4. The Balaban J connectivity index is 1.30. The van der Waals surface area contributed by atoms with Gasteiger partial charge in [-0.25, -0.2) is 0 Å². The molecule has 0 spiro atoms. The molecule has 2 bridgehead atoms. The maximum absolute atomic E-state index is 12.7. The van der Waals surface area contributed by atoms with Gasteiger partial charge in [-0.15, -0.1) is 0 Å². The quantitative estimate of drug-likeness (QED) is 0.911. The number of para-hydroxylation sites is 2. The SMILES string of the molecule is COc1ccccc1N1CCN(C(=O)CC2CC3CCC(C2)N3)CC1. The minimum absolute atomic E-state index is 0.353. The van der Waals surface area contributed by atoms with Crippen LogP contribution in [0.4, 0.5) is 5.69 Å². The van der Waals surface area contributed by atoms with Crippen LogP contribution >= 0.6 is 0 Å². The predicted octanol–water partition coefficient (Wildman–Crippen LogP) is 2.26. The number of amides is 1. The van der Waals surface area contributed by atoms with Gasteiger partial charge in [-0.2, -0.15) is 0 Å². The summed E-state index contributed by atoms with van der Waals surface area (Å²) in [5, 5.41) is 3.66. The van der Waals surface area contributed by atoms with Crippen LogP contribution in [-0.4, -0.2) is 56.2 Å². The second-order valence-electron chi connectivity index (χ2n) is 7.72. The van der Waals surface area contributed by atoms with E-state index in [1.165, 1.54) is 25.7 Å². The largest absolute Gasteiger partial charge is 0.495 e. The number of piperazine rings is 1. The van der Waals surface area contributed by atoms with E-state index < -0.39 is 0 Å². The molecule has 0 aromatic heterocycles. The van der Waals surface area contributed by atoms with Gasteiger partial charge in [0.1, 0.15) is 5.75 Å². The summed E-state index contributed by atoms with van der Waals surface area (Å²) in [6, 6.07) is 9.46. The van der Waals surface area contributed by atoms with E-state index in [2.05, 4.69) is 21.2 Å². The Bertz CT molecular complexity index is 601. The van der Waals surface area contributed by atoms with Gasteiger partial charge in [0.15, 0.2) is 0 Å². The van der Waals surface area contributed by atoms with Gasteiger partial charge >= 0.3 is 0 Å². The molecule has 3 aliphatic rings. The van der Waals surface area contributed by atoms with E-state index in [9.17, 15) is 4.79 Å². The van der Waals surface area contributed by atoms with Crippen molar-refractivity contribution >= 4 is 11.6 Å². The summed E-state index contributed by atoms with van der Waals surface area (Å²) < 4.78 is 5.47. The molecule has 5 heteroatoms. The molecule has 1 amide bonds. The lowest BCUT2D eigenvalue weighted by Gasteiger charge is -2.37. The number of benzene rings is 1. The first-order chi connectivity index (χ1) is 12.2. The number of hydrogen-bond acceptors (Lipinski definition) is 4. The minimum atomic E-state index is 0.353. The fourth-order valence-electron chi connectivity index (χ4n) is 4.81. The number of piperidine rings is 1. The molecule has 0 aliphatic carbocycles. The lowest BCUT2D eigenvalue weighted by Crippen LogP contribution is -2.49. The lowest BCUT2D eigenvalue weighted by molar-refractivity contribution is -0.132. The van der Waals surface area contributed by atoms with Crippen LogP contribution in [0.25, 0.3) is 0 Å². The molecule has 2 atom stereocenters. The molecule has 4 rings (SSSR count). The Morgan fingerprint density at radius 3 is 2.48 bits per heavy atom. The Morgan fingerprint density at radius 2 is 1.80 bits per heavy atom. The van der Waals surface area contributed by atoms with Crippen molar-refractivity contribution in [1.82, 2.24) is 10.2 Å². The molecule has 3 saturated heterocycles. The minimum Gasteiger partial charge on any atom is -0.495 e. The van der Waals surface area contributed by atoms with Gasteiger partial charge < -0.3 is 19.9 Å². The van der Waals surface area contributed by atoms with Crippen molar-refractivity contribution in [2.75, 3.05) is 38.2 Å². The smallest absolute Gasteiger partial charge is 0.222 e. The zero-order valence-corrected chi connectivity index (χ0v) is 15.1. The highest BCUT2D eigenvalue weighted by Gasteiger charge is 2.35. The molecular formula is C20H29N3O2. The van der Waals surface area contributed by atoms with Gasteiger partial charge in [-0.05, 0) is 43.7 Å². The average molecular weight is 343 g/mol. The summed E-state index contributed by atoms with van der Waals surface area (Å²) >= 11 is 0. The normalized spacial score (nSPS) is 28.9. The molecule has 25 heavy (non-hydrogen) atoms. The topological polar surface area (TPSA) is 44.8 Å². The van der Waals surface area contributed by atoms with Crippen molar-refractivity contribution in [3.8, 4) is 5.75 Å². The van der Waals surface area contributed by atoms with Gasteiger partial charge in [0.05, 0.1) is 12.8 Å².